The van der Waals surface area contributed by atoms with E-state index in [1.165, 1.54) is 6.07 Å². The fourth-order valence-corrected chi connectivity index (χ4v) is 6.50. The normalized spacial score (nSPS) is 19.4. The fourth-order valence-electron chi connectivity index (χ4n) is 5.48. The largest absolute Gasteiger partial charge is 0.454 e. The number of rotatable bonds is 9. The Morgan fingerprint density at radius 3 is 2.45 bits per heavy atom. The predicted octanol–water partition coefficient (Wildman–Crippen LogP) is 4.36. The van der Waals surface area contributed by atoms with Gasteiger partial charge in [-0.3, -0.25) is 9.58 Å². The van der Waals surface area contributed by atoms with E-state index in [1.807, 2.05) is 18.3 Å². The molecule has 3 fully saturated rings. The minimum absolute atomic E-state index is 0.0997. The van der Waals surface area contributed by atoms with Crippen molar-refractivity contribution in [1.82, 2.24) is 19.7 Å². The van der Waals surface area contributed by atoms with Crippen molar-refractivity contribution in [3.8, 4) is 11.5 Å². The van der Waals surface area contributed by atoms with Crippen LogP contribution in [-0.4, -0.2) is 71.8 Å². The van der Waals surface area contributed by atoms with E-state index in [4.69, 9.17) is 14.6 Å². The number of sulfone groups is 1. The Morgan fingerprint density at radius 1 is 1.07 bits per heavy atom. The Morgan fingerprint density at radius 2 is 1.82 bits per heavy atom. The van der Waals surface area contributed by atoms with E-state index >= 15 is 0 Å². The molecule has 2 N–H and O–H groups in total. The van der Waals surface area contributed by atoms with Gasteiger partial charge in [-0.25, -0.2) is 13.4 Å². The standard InChI is InChI=1S/C29H37N5O5S/c1-29(2,35)24-14-20(4-7-26(24)40(3,36)37)31-27-15-23(8-11-30-27)39-25-16-34(21-5-6-21)32-28(25)19-9-12-33(13-10-19)22-17-38-18-22/h4,7-8,11,14-16,19,21-22,35H,5-6,9-10,12-13,17-18H2,1-3H3,(H,30,31). The van der Waals surface area contributed by atoms with Gasteiger partial charge in [0, 0.05) is 35.7 Å². The van der Waals surface area contributed by atoms with Crippen molar-refractivity contribution in [2.75, 3.05) is 37.9 Å². The highest BCUT2D eigenvalue weighted by Crippen LogP contribution is 2.41. The lowest BCUT2D eigenvalue weighted by Gasteiger charge is -2.41. The van der Waals surface area contributed by atoms with E-state index in [0.717, 1.165) is 69.7 Å². The van der Waals surface area contributed by atoms with Gasteiger partial charge in [-0.2, -0.15) is 5.10 Å². The van der Waals surface area contributed by atoms with E-state index in [0.29, 0.717) is 40.8 Å². The number of nitrogens with zero attached hydrogens (tertiary/aromatic N) is 4. The highest BCUT2D eigenvalue weighted by atomic mass is 32.2. The molecular weight excluding hydrogens is 530 g/mol. The molecule has 0 atom stereocenters. The molecule has 1 saturated carbocycles. The molecule has 0 bridgehead atoms. The van der Waals surface area contributed by atoms with Gasteiger partial charge in [0.1, 0.15) is 17.3 Å². The molecule has 3 aromatic rings. The second-order valence-electron chi connectivity index (χ2n) is 11.7. The monoisotopic (exact) mass is 567 g/mol. The average Bonchev–Trinajstić information content (AvgIpc) is 3.63. The summed E-state index contributed by atoms with van der Waals surface area (Å²) in [6, 6.07) is 9.46. The van der Waals surface area contributed by atoms with Gasteiger partial charge in [0.2, 0.25) is 0 Å². The van der Waals surface area contributed by atoms with Crippen LogP contribution in [0.2, 0.25) is 0 Å². The molecule has 0 radical (unpaired) electrons. The van der Waals surface area contributed by atoms with Crippen molar-refractivity contribution in [3.63, 3.8) is 0 Å². The number of anilines is 2. The van der Waals surface area contributed by atoms with E-state index in [9.17, 15) is 13.5 Å². The third kappa shape index (κ3) is 5.88. The number of aliphatic hydroxyl groups is 1. The number of hydrogen-bond donors (Lipinski definition) is 2. The summed E-state index contributed by atoms with van der Waals surface area (Å²) in [6.07, 6.45) is 9.23. The van der Waals surface area contributed by atoms with E-state index in [1.54, 1.807) is 32.2 Å². The molecule has 0 spiro atoms. The summed E-state index contributed by atoms with van der Waals surface area (Å²) < 4.78 is 38.4. The third-order valence-electron chi connectivity index (χ3n) is 7.97. The van der Waals surface area contributed by atoms with Crippen molar-refractivity contribution >= 4 is 21.3 Å². The molecule has 40 heavy (non-hydrogen) atoms. The van der Waals surface area contributed by atoms with Gasteiger partial charge in [-0.05, 0) is 76.9 Å². The van der Waals surface area contributed by atoms with Crippen molar-refractivity contribution in [2.24, 2.45) is 0 Å². The number of pyridine rings is 1. The van der Waals surface area contributed by atoms with Gasteiger partial charge < -0.3 is 19.9 Å². The van der Waals surface area contributed by atoms with Gasteiger partial charge in [0.15, 0.2) is 15.6 Å². The van der Waals surface area contributed by atoms with Crippen LogP contribution < -0.4 is 10.1 Å². The molecule has 2 aromatic heterocycles. The molecule has 10 nitrogen and oxygen atoms in total. The average molecular weight is 568 g/mol. The summed E-state index contributed by atoms with van der Waals surface area (Å²) in [5.41, 5.74) is 0.614. The molecule has 6 rings (SSSR count). The summed E-state index contributed by atoms with van der Waals surface area (Å²) >= 11 is 0. The molecule has 4 heterocycles. The maximum atomic E-state index is 12.3. The second kappa shape index (κ2) is 10.4. The predicted molar refractivity (Wildman–Crippen MR) is 151 cm³/mol. The van der Waals surface area contributed by atoms with Crippen LogP contribution in [0.3, 0.4) is 0 Å². The Labute approximate surface area is 235 Å². The molecule has 2 saturated heterocycles. The minimum Gasteiger partial charge on any atom is -0.454 e. The zero-order valence-electron chi connectivity index (χ0n) is 23.2. The highest BCUT2D eigenvalue weighted by molar-refractivity contribution is 7.90. The lowest BCUT2D eigenvalue weighted by molar-refractivity contribution is -0.0713. The lowest BCUT2D eigenvalue weighted by atomic mass is 9.92. The molecule has 11 heteroatoms. The zero-order chi connectivity index (χ0) is 28.1. The first-order chi connectivity index (χ1) is 19.0. The molecule has 214 valence electrons. The van der Waals surface area contributed by atoms with Crippen LogP contribution in [-0.2, 0) is 20.2 Å². The molecule has 3 aliphatic rings. The van der Waals surface area contributed by atoms with E-state index in [-0.39, 0.29) is 4.90 Å². The third-order valence-corrected chi connectivity index (χ3v) is 9.12. The molecule has 2 aliphatic heterocycles. The van der Waals surface area contributed by atoms with Gasteiger partial charge in [-0.15, -0.1) is 0 Å². The van der Waals surface area contributed by atoms with Crippen molar-refractivity contribution in [2.45, 2.75) is 68.0 Å². The number of likely N-dealkylation sites (tertiary alicyclic amines) is 1. The van der Waals surface area contributed by atoms with E-state index in [2.05, 4.69) is 19.9 Å². The van der Waals surface area contributed by atoms with Crippen LogP contribution in [0.15, 0.2) is 47.6 Å². The second-order valence-corrected chi connectivity index (χ2v) is 13.7. The zero-order valence-corrected chi connectivity index (χ0v) is 24.0. The first kappa shape index (κ1) is 27.2. The van der Waals surface area contributed by atoms with Gasteiger partial charge in [0.05, 0.1) is 42.0 Å². The highest BCUT2D eigenvalue weighted by Gasteiger charge is 2.34. The molecule has 1 aliphatic carbocycles. The van der Waals surface area contributed by atoms with Gasteiger partial charge >= 0.3 is 0 Å². The number of aromatic nitrogens is 3. The first-order valence-corrected chi connectivity index (χ1v) is 15.8. The van der Waals surface area contributed by atoms with E-state index < -0.39 is 15.4 Å². The number of nitrogens with one attached hydrogen (secondary N) is 1. The summed E-state index contributed by atoms with van der Waals surface area (Å²) in [7, 11) is -3.51. The van der Waals surface area contributed by atoms with Crippen LogP contribution in [0.1, 0.15) is 62.7 Å². The number of ether oxygens (including phenoxy) is 2. The van der Waals surface area contributed by atoms with Gasteiger partial charge in [-0.1, -0.05) is 0 Å². The Balaban J connectivity index is 1.21. The maximum absolute atomic E-state index is 12.3. The quantitative estimate of drug-likeness (QED) is 0.389. The summed E-state index contributed by atoms with van der Waals surface area (Å²) in [5, 5.41) is 18.8. The van der Waals surface area contributed by atoms with Crippen LogP contribution >= 0.6 is 0 Å². The number of hydrogen-bond acceptors (Lipinski definition) is 9. The Kier molecular flexibility index (Phi) is 7.10. The van der Waals surface area contributed by atoms with Gasteiger partial charge in [0.25, 0.3) is 0 Å². The topological polar surface area (TPSA) is 119 Å². The SMILES string of the molecule is CC(C)(O)c1cc(Nc2cc(Oc3cn(C4CC4)nc3C3CCN(C4COC4)CC3)ccn2)ccc1S(C)(=O)=O. The van der Waals surface area contributed by atoms with Crippen LogP contribution in [0.25, 0.3) is 0 Å². The molecular formula is C29H37N5O5S. The van der Waals surface area contributed by atoms with Crippen LogP contribution in [0.5, 0.6) is 11.5 Å². The van der Waals surface area contributed by atoms with Crippen LogP contribution in [0.4, 0.5) is 11.5 Å². The maximum Gasteiger partial charge on any atom is 0.175 e. The molecule has 1 aromatic carbocycles. The molecule has 0 unspecified atom stereocenters. The Hall–Kier alpha value is -2.99. The van der Waals surface area contributed by atoms with Crippen LogP contribution in [0, 0.1) is 0 Å². The minimum atomic E-state index is -3.51. The molecule has 0 amide bonds. The number of piperidine rings is 1. The van der Waals surface area contributed by atoms with Crippen molar-refractivity contribution < 1.29 is 23.0 Å². The van der Waals surface area contributed by atoms with Crippen molar-refractivity contribution in [3.05, 3.63) is 54.0 Å². The summed E-state index contributed by atoms with van der Waals surface area (Å²) in [5.74, 6) is 2.31. The lowest BCUT2D eigenvalue weighted by Crippen LogP contribution is -2.51. The smallest absolute Gasteiger partial charge is 0.175 e. The Bertz CT molecular complexity index is 1480. The van der Waals surface area contributed by atoms with Crippen molar-refractivity contribution in [1.29, 1.82) is 0 Å². The summed E-state index contributed by atoms with van der Waals surface area (Å²) in [6.45, 7) is 6.91. The number of benzene rings is 1. The fraction of sp³-hybridized carbons (Fsp3) is 0.517. The summed E-state index contributed by atoms with van der Waals surface area (Å²) in [4.78, 5) is 7.06. The first-order valence-electron chi connectivity index (χ1n) is 13.9.